The molecular weight excluding hydrogens is 264 g/mol. The first-order valence-corrected chi connectivity index (χ1v) is 7.38. The fourth-order valence-electron chi connectivity index (χ4n) is 2.15. The van der Waals surface area contributed by atoms with E-state index in [4.69, 9.17) is 5.11 Å². The van der Waals surface area contributed by atoms with Crippen molar-refractivity contribution < 1.29 is 9.90 Å². The van der Waals surface area contributed by atoms with Crippen molar-refractivity contribution >= 4 is 12.0 Å². The number of aliphatic carboxylic acids is 1. The van der Waals surface area contributed by atoms with Crippen molar-refractivity contribution in [2.24, 2.45) is 0 Å². The van der Waals surface area contributed by atoms with Gasteiger partial charge in [0.25, 0.3) is 0 Å². The van der Waals surface area contributed by atoms with Crippen LogP contribution in [0.1, 0.15) is 24.5 Å². The minimum Gasteiger partial charge on any atom is -0.478 e. The predicted molar refractivity (Wildman–Crippen MR) is 87.2 cm³/mol. The second-order valence-electron chi connectivity index (χ2n) is 5.50. The first-order chi connectivity index (χ1) is 10.0. The average molecular weight is 290 g/mol. The van der Waals surface area contributed by atoms with Gasteiger partial charge in [0.05, 0.1) is 0 Å². The molecule has 4 heteroatoms. The van der Waals surface area contributed by atoms with Crippen LogP contribution in [-0.4, -0.2) is 54.6 Å². The summed E-state index contributed by atoms with van der Waals surface area (Å²) in [7, 11) is 4.17. The number of carboxylic acid groups (broad SMARTS) is 1. The largest absolute Gasteiger partial charge is 0.478 e. The van der Waals surface area contributed by atoms with Crippen LogP contribution < -0.4 is 0 Å². The fourth-order valence-corrected chi connectivity index (χ4v) is 2.15. The summed E-state index contributed by atoms with van der Waals surface area (Å²) in [6.07, 6.45) is 3.94. The summed E-state index contributed by atoms with van der Waals surface area (Å²) in [5.74, 6) is -0.918. The highest BCUT2D eigenvalue weighted by molar-refractivity contribution is 5.85. The van der Waals surface area contributed by atoms with Crippen LogP contribution in [0.4, 0.5) is 0 Å². The van der Waals surface area contributed by atoms with Gasteiger partial charge < -0.3 is 10.0 Å². The molecule has 0 bridgehead atoms. The van der Waals surface area contributed by atoms with Gasteiger partial charge in [0.1, 0.15) is 0 Å². The number of nitrogens with zero attached hydrogens (tertiary/aromatic N) is 2. The van der Waals surface area contributed by atoms with Crippen molar-refractivity contribution in [1.29, 1.82) is 0 Å². The van der Waals surface area contributed by atoms with E-state index in [1.165, 1.54) is 11.6 Å². The van der Waals surface area contributed by atoms with Crippen LogP contribution >= 0.6 is 0 Å². The van der Waals surface area contributed by atoms with Gasteiger partial charge in [0.2, 0.25) is 0 Å². The SMILES string of the molecule is CCCN(CCN(C)C)Cc1cccc(C=CC(=O)O)c1. The maximum atomic E-state index is 10.6. The predicted octanol–water partition coefficient (Wildman–Crippen LogP) is 2.56. The Balaban J connectivity index is 2.69. The maximum Gasteiger partial charge on any atom is 0.328 e. The Morgan fingerprint density at radius 1 is 1.24 bits per heavy atom. The highest BCUT2D eigenvalue weighted by Crippen LogP contribution is 2.10. The molecule has 1 rings (SSSR count). The number of rotatable bonds is 9. The van der Waals surface area contributed by atoms with E-state index in [0.717, 1.165) is 38.2 Å². The molecule has 116 valence electrons. The summed E-state index contributed by atoms with van der Waals surface area (Å²) in [6.45, 7) is 6.24. The Morgan fingerprint density at radius 2 is 2.00 bits per heavy atom. The van der Waals surface area contributed by atoms with Crippen molar-refractivity contribution in [3.05, 3.63) is 41.5 Å². The molecule has 0 aliphatic heterocycles. The first-order valence-electron chi connectivity index (χ1n) is 7.38. The summed E-state index contributed by atoms with van der Waals surface area (Å²) in [4.78, 5) is 15.2. The summed E-state index contributed by atoms with van der Waals surface area (Å²) >= 11 is 0. The molecular formula is C17H26N2O2. The summed E-state index contributed by atoms with van der Waals surface area (Å²) in [5.41, 5.74) is 2.15. The van der Waals surface area contributed by atoms with Gasteiger partial charge in [-0.3, -0.25) is 4.90 Å². The zero-order chi connectivity index (χ0) is 15.7. The molecule has 0 radical (unpaired) electrons. The Kier molecular flexibility index (Phi) is 7.72. The van der Waals surface area contributed by atoms with Gasteiger partial charge in [-0.2, -0.15) is 0 Å². The molecule has 0 amide bonds. The quantitative estimate of drug-likeness (QED) is 0.710. The minimum absolute atomic E-state index is 0.899. The molecule has 4 nitrogen and oxygen atoms in total. The monoisotopic (exact) mass is 290 g/mol. The van der Waals surface area contributed by atoms with Gasteiger partial charge in [0, 0.05) is 25.7 Å². The second-order valence-corrected chi connectivity index (χ2v) is 5.50. The topological polar surface area (TPSA) is 43.8 Å². The molecule has 1 aromatic rings. The van der Waals surface area contributed by atoms with Crippen molar-refractivity contribution in [3.63, 3.8) is 0 Å². The van der Waals surface area contributed by atoms with Crippen LogP contribution in [0.3, 0.4) is 0 Å². The Bertz CT molecular complexity index is 470. The molecule has 0 unspecified atom stereocenters. The number of hydrogen-bond acceptors (Lipinski definition) is 3. The van der Waals surface area contributed by atoms with Crippen LogP contribution in [0.25, 0.3) is 6.08 Å². The molecule has 0 atom stereocenters. The fraction of sp³-hybridized carbons (Fsp3) is 0.471. The van der Waals surface area contributed by atoms with Crippen LogP contribution in [-0.2, 0) is 11.3 Å². The Labute approximate surface area is 127 Å². The van der Waals surface area contributed by atoms with Gasteiger partial charge in [-0.15, -0.1) is 0 Å². The van der Waals surface area contributed by atoms with E-state index >= 15 is 0 Å². The zero-order valence-electron chi connectivity index (χ0n) is 13.2. The number of likely N-dealkylation sites (N-methyl/N-ethyl adjacent to an activating group) is 1. The molecule has 21 heavy (non-hydrogen) atoms. The third-order valence-corrected chi connectivity index (χ3v) is 3.18. The Morgan fingerprint density at radius 3 is 2.62 bits per heavy atom. The van der Waals surface area contributed by atoms with E-state index in [2.05, 4.69) is 43.0 Å². The minimum atomic E-state index is -0.918. The highest BCUT2D eigenvalue weighted by Gasteiger charge is 2.06. The van der Waals surface area contributed by atoms with Crippen LogP contribution in [0.2, 0.25) is 0 Å². The van der Waals surface area contributed by atoms with Gasteiger partial charge in [-0.25, -0.2) is 4.79 Å². The van der Waals surface area contributed by atoms with Crippen molar-refractivity contribution in [1.82, 2.24) is 9.80 Å². The molecule has 0 spiro atoms. The molecule has 1 N–H and O–H groups in total. The van der Waals surface area contributed by atoms with Crippen LogP contribution in [0, 0.1) is 0 Å². The van der Waals surface area contributed by atoms with Crippen molar-refractivity contribution in [2.75, 3.05) is 33.7 Å². The van der Waals surface area contributed by atoms with E-state index in [1.807, 2.05) is 12.1 Å². The molecule has 0 aliphatic carbocycles. The maximum absolute atomic E-state index is 10.6. The van der Waals surface area contributed by atoms with E-state index < -0.39 is 5.97 Å². The van der Waals surface area contributed by atoms with Crippen molar-refractivity contribution in [2.45, 2.75) is 19.9 Å². The summed E-state index contributed by atoms with van der Waals surface area (Å²) in [6, 6.07) is 8.05. The van der Waals surface area contributed by atoms with E-state index in [0.29, 0.717) is 0 Å². The zero-order valence-corrected chi connectivity index (χ0v) is 13.2. The molecule has 0 fully saturated rings. The molecule has 0 saturated carbocycles. The normalized spacial score (nSPS) is 11.7. The van der Waals surface area contributed by atoms with Gasteiger partial charge in [-0.1, -0.05) is 31.2 Å². The van der Waals surface area contributed by atoms with Crippen LogP contribution in [0.5, 0.6) is 0 Å². The van der Waals surface area contributed by atoms with Gasteiger partial charge >= 0.3 is 5.97 Å². The smallest absolute Gasteiger partial charge is 0.328 e. The lowest BCUT2D eigenvalue weighted by atomic mass is 10.1. The van der Waals surface area contributed by atoms with Gasteiger partial charge in [0.15, 0.2) is 0 Å². The number of carbonyl (C=O) groups is 1. The van der Waals surface area contributed by atoms with E-state index in [-0.39, 0.29) is 0 Å². The average Bonchev–Trinajstić information content (AvgIpc) is 2.43. The van der Waals surface area contributed by atoms with Gasteiger partial charge in [-0.05, 0) is 44.3 Å². The first kappa shape index (κ1) is 17.4. The van der Waals surface area contributed by atoms with Crippen LogP contribution in [0.15, 0.2) is 30.3 Å². The lowest BCUT2D eigenvalue weighted by Crippen LogP contribution is -2.32. The summed E-state index contributed by atoms with van der Waals surface area (Å²) in [5, 5.41) is 8.68. The number of hydrogen-bond donors (Lipinski definition) is 1. The Hall–Kier alpha value is -1.65. The number of carboxylic acids is 1. The van der Waals surface area contributed by atoms with Crippen molar-refractivity contribution in [3.8, 4) is 0 Å². The number of benzene rings is 1. The third-order valence-electron chi connectivity index (χ3n) is 3.18. The van der Waals surface area contributed by atoms with E-state index in [9.17, 15) is 4.79 Å². The second kappa shape index (κ2) is 9.32. The molecule has 1 aromatic carbocycles. The van der Waals surface area contributed by atoms with E-state index in [1.54, 1.807) is 6.08 Å². The standard InChI is InChI=1S/C17H26N2O2/c1-4-10-19(12-11-18(2)3)14-16-7-5-6-15(13-16)8-9-17(20)21/h5-9,13H,4,10-12,14H2,1-3H3,(H,20,21). The lowest BCUT2D eigenvalue weighted by Gasteiger charge is -2.23. The summed E-state index contributed by atoms with van der Waals surface area (Å²) < 4.78 is 0. The molecule has 0 aliphatic rings. The molecule has 0 aromatic heterocycles. The highest BCUT2D eigenvalue weighted by atomic mass is 16.4. The lowest BCUT2D eigenvalue weighted by molar-refractivity contribution is -0.131. The third kappa shape index (κ3) is 7.63. The molecule has 0 saturated heterocycles. The molecule has 0 heterocycles.